The Morgan fingerprint density at radius 3 is 2.89 bits per heavy atom. The van der Waals surface area contributed by atoms with Crippen molar-refractivity contribution in [2.75, 3.05) is 19.6 Å². The van der Waals surface area contributed by atoms with Crippen LogP contribution in [0.2, 0.25) is 0 Å². The van der Waals surface area contributed by atoms with Gasteiger partial charge in [-0.25, -0.2) is 14.8 Å². The summed E-state index contributed by atoms with van der Waals surface area (Å²) in [7, 11) is 0. The van der Waals surface area contributed by atoms with Crippen LogP contribution in [0.4, 0.5) is 18.0 Å². The van der Waals surface area contributed by atoms with Crippen LogP contribution in [0, 0.1) is 5.92 Å². The summed E-state index contributed by atoms with van der Waals surface area (Å²) < 4.78 is 40.2. The van der Waals surface area contributed by atoms with Gasteiger partial charge in [0.1, 0.15) is 6.54 Å². The molecular formula is C17H19F3N6O. The molecule has 0 bridgehead atoms. The zero-order valence-corrected chi connectivity index (χ0v) is 14.6. The van der Waals surface area contributed by atoms with Crippen molar-refractivity contribution in [3.8, 4) is 0 Å². The van der Waals surface area contributed by atoms with Gasteiger partial charge >= 0.3 is 12.2 Å². The molecule has 10 heteroatoms. The summed E-state index contributed by atoms with van der Waals surface area (Å²) in [4.78, 5) is 20.8. The number of rotatable bonds is 3. The Balaban J connectivity index is 1.75. The number of carbonyl (C=O) groups excluding carboxylic acids is 1. The highest BCUT2D eigenvalue weighted by Gasteiger charge is 2.31. The van der Waals surface area contributed by atoms with E-state index < -0.39 is 18.8 Å². The van der Waals surface area contributed by atoms with Gasteiger partial charge in [-0.05, 0) is 18.5 Å². The number of hydrogen-bond donors (Lipinski definition) is 2. The molecule has 1 amide bonds. The second-order valence-electron chi connectivity index (χ2n) is 6.74. The molecular weight excluding hydrogens is 361 g/mol. The summed E-state index contributed by atoms with van der Waals surface area (Å²) in [5.41, 5.74) is 2.60. The first-order chi connectivity index (χ1) is 12.9. The fourth-order valence-corrected chi connectivity index (χ4v) is 3.76. The van der Waals surface area contributed by atoms with E-state index in [1.54, 1.807) is 6.07 Å². The normalized spacial score (nSPS) is 20.6. The molecule has 4 heterocycles. The van der Waals surface area contributed by atoms with E-state index in [4.69, 9.17) is 0 Å². The number of nitrogens with one attached hydrogen (secondary N) is 2. The predicted octanol–water partition coefficient (Wildman–Crippen LogP) is 2.52. The van der Waals surface area contributed by atoms with Gasteiger partial charge in [0, 0.05) is 30.6 Å². The maximum atomic E-state index is 12.4. The van der Waals surface area contributed by atoms with Crippen molar-refractivity contribution in [3.05, 3.63) is 30.4 Å². The number of amides is 1. The van der Waals surface area contributed by atoms with Gasteiger partial charge in [0.25, 0.3) is 0 Å². The van der Waals surface area contributed by atoms with Crippen LogP contribution in [0.3, 0.4) is 0 Å². The van der Waals surface area contributed by atoms with Gasteiger partial charge in [-0.15, -0.1) is 0 Å². The van der Waals surface area contributed by atoms with E-state index in [0.29, 0.717) is 22.7 Å². The lowest BCUT2D eigenvalue weighted by Crippen LogP contribution is -2.36. The maximum absolute atomic E-state index is 12.4. The molecule has 27 heavy (non-hydrogen) atoms. The van der Waals surface area contributed by atoms with Crippen molar-refractivity contribution < 1.29 is 18.0 Å². The molecule has 0 saturated carbocycles. The summed E-state index contributed by atoms with van der Waals surface area (Å²) in [5, 5.41) is 5.27. The molecule has 144 valence electrons. The molecule has 1 fully saturated rings. The quantitative estimate of drug-likeness (QED) is 0.732. The smallest absolute Gasteiger partial charge is 0.328 e. The molecule has 2 atom stereocenters. The van der Waals surface area contributed by atoms with Crippen LogP contribution in [-0.4, -0.2) is 50.8 Å². The van der Waals surface area contributed by atoms with Gasteiger partial charge in [0.2, 0.25) is 0 Å². The summed E-state index contributed by atoms with van der Waals surface area (Å²) >= 11 is 0. The van der Waals surface area contributed by atoms with Crippen LogP contribution >= 0.6 is 0 Å². The van der Waals surface area contributed by atoms with E-state index in [0.717, 1.165) is 29.8 Å². The lowest BCUT2D eigenvalue weighted by Gasteiger charge is -2.16. The number of nitrogens with zero attached hydrogens (tertiary/aromatic N) is 4. The summed E-state index contributed by atoms with van der Waals surface area (Å²) in [6, 6.07) is 0.807. The Kier molecular flexibility index (Phi) is 4.29. The molecule has 3 aromatic rings. The van der Waals surface area contributed by atoms with Gasteiger partial charge in [0.05, 0.1) is 11.7 Å². The fraction of sp³-hybridized carbons (Fsp3) is 0.471. The lowest BCUT2D eigenvalue weighted by molar-refractivity contribution is -0.122. The van der Waals surface area contributed by atoms with Gasteiger partial charge in [-0.1, -0.05) is 13.3 Å². The lowest BCUT2D eigenvalue weighted by atomic mass is 9.91. The first-order valence-corrected chi connectivity index (χ1v) is 8.78. The van der Waals surface area contributed by atoms with Crippen molar-refractivity contribution in [3.63, 3.8) is 0 Å². The van der Waals surface area contributed by atoms with Crippen LogP contribution in [0.15, 0.2) is 24.7 Å². The summed E-state index contributed by atoms with van der Waals surface area (Å²) in [6.45, 7) is 2.52. The molecule has 1 aliphatic heterocycles. The first-order valence-electron chi connectivity index (χ1n) is 8.78. The van der Waals surface area contributed by atoms with Crippen molar-refractivity contribution in [1.82, 2.24) is 29.6 Å². The standard InChI is InChI=1S/C17H19F3N6O/c1-2-10-5-21-6-11(10)13-7-22-14-8-23-15-12(26(13)14)3-4-25(15)16(27)24-9-17(18,19)20/h3-4,7-8,10-11,21H,2,5-6,9H2,1H3,(H,24,27)/t10-,11+/m1/s1. The zero-order chi connectivity index (χ0) is 19.2. The number of imidazole rings is 1. The van der Waals surface area contributed by atoms with Crippen molar-refractivity contribution in [1.29, 1.82) is 0 Å². The van der Waals surface area contributed by atoms with E-state index in [9.17, 15) is 18.0 Å². The number of carbonyl (C=O) groups is 1. The van der Waals surface area contributed by atoms with Crippen LogP contribution in [0.1, 0.15) is 25.0 Å². The second-order valence-corrected chi connectivity index (χ2v) is 6.74. The van der Waals surface area contributed by atoms with Gasteiger partial charge in [-0.3, -0.25) is 8.97 Å². The number of alkyl halides is 3. The highest BCUT2D eigenvalue weighted by atomic mass is 19.4. The van der Waals surface area contributed by atoms with Crippen LogP contribution < -0.4 is 10.6 Å². The zero-order valence-electron chi connectivity index (χ0n) is 14.6. The fourth-order valence-electron chi connectivity index (χ4n) is 3.76. The molecule has 4 rings (SSSR count). The third-order valence-electron chi connectivity index (χ3n) is 5.10. The SMILES string of the molecule is CC[C@@H]1CNC[C@@H]1c1cnc2cnc3c(ccn3C(=O)NCC(F)(F)F)n12. The number of fused-ring (bicyclic) bond motifs is 3. The Morgan fingerprint density at radius 2 is 2.15 bits per heavy atom. The Hall–Kier alpha value is -2.62. The molecule has 7 nitrogen and oxygen atoms in total. The molecule has 0 spiro atoms. The second kappa shape index (κ2) is 6.52. The van der Waals surface area contributed by atoms with Gasteiger partial charge in [-0.2, -0.15) is 13.2 Å². The van der Waals surface area contributed by atoms with Crippen molar-refractivity contribution >= 4 is 22.8 Å². The van der Waals surface area contributed by atoms with E-state index in [-0.39, 0.29) is 5.92 Å². The van der Waals surface area contributed by atoms with E-state index in [2.05, 4.69) is 22.2 Å². The van der Waals surface area contributed by atoms with Gasteiger partial charge < -0.3 is 10.6 Å². The molecule has 3 aromatic heterocycles. The highest BCUT2D eigenvalue weighted by molar-refractivity contribution is 5.88. The molecule has 1 saturated heterocycles. The Morgan fingerprint density at radius 1 is 1.33 bits per heavy atom. The molecule has 0 radical (unpaired) electrons. The average molecular weight is 380 g/mol. The van der Waals surface area contributed by atoms with E-state index >= 15 is 0 Å². The van der Waals surface area contributed by atoms with Crippen molar-refractivity contribution in [2.24, 2.45) is 5.92 Å². The van der Waals surface area contributed by atoms with Crippen LogP contribution in [0.25, 0.3) is 16.8 Å². The summed E-state index contributed by atoms with van der Waals surface area (Å²) in [5.74, 6) is 0.753. The highest BCUT2D eigenvalue weighted by Crippen LogP contribution is 2.32. The van der Waals surface area contributed by atoms with Gasteiger partial charge in [0.15, 0.2) is 11.3 Å². The van der Waals surface area contributed by atoms with E-state index in [1.165, 1.54) is 12.4 Å². The van der Waals surface area contributed by atoms with Crippen molar-refractivity contribution in [2.45, 2.75) is 25.4 Å². The average Bonchev–Trinajstić information content (AvgIpc) is 3.34. The number of hydrogen-bond acceptors (Lipinski definition) is 4. The molecule has 1 aliphatic rings. The summed E-state index contributed by atoms with van der Waals surface area (Å²) in [6.07, 6.45) is 1.33. The number of halogens is 3. The van der Waals surface area contributed by atoms with E-state index in [1.807, 2.05) is 15.9 Å². The largest absolute Gasteiger partial charge is 0.405 e. The minimum absolute atomic E-state index is 0.276. The molecule has 0 unspecified atom stereocenters. The third kappa shape index (κ3) is 3.14. The third-order valence-corrected chi connectivity index (χ3v) is 5.10. The molecule has 0 aromatic carbocycles. The predicted molar refractivity (Wildman–Crippen MR) is 92.7 cm³/mol. The first kappa shape index (κ1) is 17.8. The monoisotopic (exact) mass is 380 g/mol. The number of aromatic nitrogens is 4. The molecule has 2 N–H and O–H groups in total. The molecule has 0 aliphatic carbocycles. The topological polar surface area (TPSA) is 76.2 Å². The maximum Gasteiger partial charge on any atom is 0.405 e. The van der Waals surface area contributed by atoms with Crippen LogP contribution in [-0.2, 0) is 0 Å². The minimum Gasteiger partial charge on any atom is -0.328 e. The Bertz CT molecular complexity index is 992. The van der Waals surface area contributed by atoms with Crippen LogP contribution in [0.5, 0.6) is 0 Å². The minimum atomic E-state index is -4.47. The Labute approximate surface area is 152 Å².